The molecule has 0 spiro atoms. The van der Waals surface area contributed by atoms with Gasteiger partial charge >= 0.3 is 8.25 Å². The molecule has 0 heterocycles. The molecular formula is C15H24NaO3P+. The van der Waals surface area contributed by atoms with Gasteiger partial charge in [-0.1, -0.05) is 57.6 Å². The molecule has 0 fully saturated rings. The first-order valence-electron chi connectivity index (χ1n) is 7.15. The molecule has 1 aromatic rings. The van der Waals surface area contributed by atoms with Crippen molar-refractivity contribution in [2.45, 2.75) is 58.3 Å². The summed E-state index contributed by atoms with van der Waals surface area (Å²) in [4.78, 5) is 8.62. The molecule has 5 heteroatoms. The summed E-state index contributed by atoms with van der Waals surface area (Å²) in [5.74, 6) is 0.451. The normalized spacial score (nSPS) is 10.8. The van der Waals surface area contributed by atoms with E-state index in [1.54, 1.807) is 12.1 Å². The van der Waals surface area contributed by atoms with Gasteiger partial charge in [0.05, 0.1) is 0 Å². The van der Waals surface area contributed by atoms with Crippen LogP contribution >= 0.6 is 8.25 Å². The summed E-state index contributed by atoms with van der Waals surface area (Å²) < 4.78 is 15.2. The number of hydrogen-bond donors (Lipinski definition) is 1. The average Bonchev–Trinajstić information content (AvgIpc) is 2.39. The van der Waals surface area contributed by atoms with Crippen LogP contribution in [0, 0.1) is 0 Å². The molecule has 0 aliphatic heterocycles. The monoisotopic (exact) mass is 306 g/mol. The van der Waals surface area contributed by atoms with Gasteiger partial charge in [0.2, 0.25) is 0 Å². The van der Waals surface area contributed by atoms with Crippen molar-refractivity contribution < 1.29 is 14.0 Å². The molecule has 3 nitrogen and oxygen atoms in total. The van der Waals surface area contributed by atoms with Gasteiger partial charge in [0.15, 0.2) is 5.75 Å². The maximum absolute atomic E-state index is 10.5. The van der Waals surface area contributed by atoms with Gasteiger partial charge in [0.1, 0.15) is 0 Å². The van der Waals surface area contributed by atoms with Gasteiger partial charge in [-0.05, 0) is 30.5 Å². The molecule has 1 rings (SSSR count). The molecule has 0 aliphatic carbocycles. The van der Waals surface area contributed by atoms with Gasteiger partial charge in [0.25, 0.3) is 0 Å². The summed E-state index contributed by atoms with van der Waals surface area (Å²) in [6.45, 7) is 2.24. The third kappa shape index (κ3) is 9.90. The average molecular weight is 306 g/mol. The van der Waals surface area contributed by atoms with Crippen LogP contribution in [0.15, 0.2) is 24.3 Å². The predicted molar refractivity (Wildman–Crippen MR) is 84.3 cm³/mol. The first-order chi connectivity index (χ1) is 9.22. The maximum Gasteiger partial charge on any atom is 0.747 e. The van der Waals surface area contributed by atoms with Crippen LogP contribution in [0.5, 0.6) is 5.75 Å². The van der Waals surface area contributed by atoms with E-state index >= 15 is 0 Å². The number of unbranched alkanes of at least 4 members (excludes halogenated alkanes) is 6. The van der Waals surface area contributed by atoms with Crippen LogP contribution < -0.4 is 4.52 Å². The minimum absolute atomic E-state index is 0. The zero-order valence-corrected chi connectivity index (χ0v) is 15.6. The molecule has 0 amide bonds. The largest absolute Gasteiger partial charge is 0.747 e. The Kier molecular flexibility index (Phi) is 12.8. The van der Waals surface area contributed by atoms with E-state index in [0.717, 1.165) is 6.42 Å². The SMILES string of the molecule is CCCCCCCCCc1ccc(O[P+](=O)O)cc1.[Na]. The summed E-state index contributed by atoms with van der Waals surface area (Å²) >= 11 is 0. The van der Waals surface area contributed by atoms with E-state index in [9.17, 15) is 4.57 Å². The van der Waals surface area contributed by atoms with E-state index in [1.807, 2.05) is 12.1 Å². The quantitative estimate of drug-likeness (QED) is 0.389. The minimum Gasteiger partial charge on any atom is -0.229 e. The smallest absolute Gasteiger partial charge is 0.229 e. The van der Waals surface area contributed by atoms with Crippen LogP contribution in [-0.2, 0) is 11.0 Å². The Bertz CT molecular complexity index is 368. The van der Waals surface area contributed by atoms with Crippen molar-refractivity contribution >= 4 is 37.8 Å². The van der Waals surface area contributed by atoms with E-state index in [-0.39, 0.29) is 29.6 Å². The molecular weight excluding hydrogens is 282 g/mol. The van der Waals surface area contributed by atoms with Crippen molar-refractivity contribution in [3.05, 3.63) is 29.8 Å². The molecule has 0 aliphatic rings. The van der Waals surface area contributed by atoms with Crippen molar-refractivity contribution in [3.63, 3.8) is 0 Å². The molecule has 107 valence electrons. The van der Waals surface area contributed by atoms with E-state index in [4.69, 9.17) is 9.42 Å². The van der Waals surface area contributed by atoms with Crippen LogP contribution in [0.2, 0.25) is 0 Å². The molecule has 1 radical (unpaired) electrons. The molecule has 1 atom stereocenters. The van der Waals surface area contributed by atoms with Crippen molar-refractivity contribution in [3.8, 4) is 5.75 Å². The maximum atomic E-state index is 10.5. The summed E-state index contributed by atoms with van der Waals surface area (Å²) in [6, 6.07) is 7.43. The van der Waals surface area contributed by atoms with Crippen molar-refractivity contribution in [2.24, 2.45) is 0 Å². The van der Waals surface area contributed by atoms with Crippen molar-refractivity contribution in [2.75, 3.05) is 0 Å². The number of benzene rings is 1. The first kappa shape index (κ1) is 20.1. The Hall–Kier alpha value is 0.0800. The Balaban J connectivity index is 0.00000361. The fraction of sp³-hybridized carbons (Fsp3) is 0.600. The summed E-state index contributed by atoms with van der Waals surface area (Å²) in [6.07, 6.45) is 10.3. The van der Waals surface area contributed by atoms with Crippen LogP contribution in [0.25, 0.3) is 0 Å². The van der Waals surface area contributed by atoms with Gasteiger partial charge in [0, 0.05) is 34.1 Å². The minimum atomic E-state index is -2.56. The van der Waals surface area contributed by atoms with Crippen molar-refractivity contribution in [1.82, 2.24) is 0 Å². The van der Waals surface area contributed by atoms with Gasteiger partial charge in [-0.15, -0.1) is 4.89 Å². The fourth-order valence-corrected chi connectivity index (χ4v) is 2.40. The zero-order valence-electron chi connectivity index (χ0n) is 12.7. The van der Waals surface area contributed by atoms with Gasteiger partial charge in [-0.3, -0.25) is 0 Å². The second-order valence-electron chi connectivity index (χ2n) is 4.84. The van der Waals surface area contributed by atoms with E-state index in [2.05, 4.69) is 6.92 Å². The zero-order chi connectivity index (χ0) is 13.9. The summed E-state index contributed by atoms with van der Waals surface area (Å²) in [5.41, 5.74) is 1.26. The van der Waals surface area contributed by atoms with Crippen molar-refractivity contribution in [1.29, 1.82) is 0 Å². The Morgan fingerprint density at radius 2 is 1.55 bits per heavy atom. The second kappa shape index (κ2) is 12.8. The fourth-order valence-electron chi connectivity index (χ4n) is 2.09. The van der Waals surface area contributed by atoms with Crippen LogP contribution in [-0.4, -0.2) is 34.5 Å². The summed E-state index contributed by atoms with van der Waals surface area (Å²) in [5, 5.41) is 0. The van der Waals surface area contributed by atoms with Crippen LogP contribution in [0.4, 0.5) is 0 Å². The standard InChI is InChI=1S/C15H23O3P.Na/c1-2-3-4-5-6-7-8-9-14-10-12-15(13-11-14)18-19(16)17;/h10-13H,2-9H2,1H3;/p+1. The molecule has 20 heavy (non-hydrogen) atoms. The van der Waals surface area contributed by atoms with Gasteiger partial charge < -0.3 is 0 Å². The first-order valence-corrected chi connectivity index (χ1v) is 8.28. The predicted octanol–water partition coefficient (Wildman–Crippen LogP) is 4.63. The molecule has 0 bridgehead atoms. The summed E-state index contributed by atoms with van der Waals surface area (Å²) in [7, 11) is -2.56. The number of aryl methyl sites for hydroxylation is 1. The Morgan fingerprint density at radius 1 is 1.00 bits per heavy atom. The molecule has 1 unspecified atom stereocenters. The molecule has 0 saturated heterocycles. The third-order valence-electron chi connectivity index (χ3n) is 3.18. The molecule has 1 aromatic carbocycles. The number of rotatable bonds is 10. The second-order valence-corrected chi connectivity index (χ2v) is 5.50. The van der Waals surface area contributed by atoms with Gasteiger partial charge in [-0.25, -0.2) is 4.52 Å². The third-order valence-corrected chi connectivity index (χ3v) is 3.54. The van der Waals surface area contributed by atoms with Crippen LogP contribution in [0.3, 0.4) is 0 Å². The van der Waals surface area contributed by atoms with Crippen LogP contribution in [0.1, 0.15) is 57.4 Å². The van der Waals surface area contributed by atoms with E-state index < -0.39 is 8.25 Å². The van der Waals surface area contributed by atoms with E-state index in [0.29, 0.717) is 5.75 Å². The topological polar surface area (TPSA) is 46.5 Å². The number of hydrogen-bond acceptors (Lipinski definition) is 2. The van der Waals surface area contributed by atoms with E-state index in [1.165, 1.54) is 50.5 Å². The molecule has 0 aromatic heterocycles. The molecule has 0 saturated carbocycles. The van der Waals surface area contributed by atoms with Gasteiger partial charge in [-0.2, -0.15) is 0 Å². The Labute approximate surface area is 145 Å². The molecule has 1 N–H and O–H groups in total. The Morgan fingerprint density at radius 3 is 2.10 bits per heavy atom.